The SMILES string of the molecule is N[C@]1(C(=O)O)CCC[C@@H]2CCCC[C@H]21. The second-order valence-corrected chi connectivity index (χ2v) is 4.89. The van der Waals surface area contributed by atoms with Gasteiger partial charge in [-0.2, -0.15) is 0 Å². The predicted molar refractivity (Wildman–Crippen MR) is 53.9 cm³/mol. The Morgan fingerprint density at radius 1 is 1.21 bits per heavy atom. The van der Waals surface area contributed by atoms with E-state index in [9.17, 15) is 9.90 Å². The molecule has 0 radical (unpaired) electrons. The van der Waals surface area contributed by atoms with E-state index in [4.69, 9.17) is 5.73 Å². The molecule has 0 aliphatic heterocycles. The Bertz CT molecular complexity index is 239. The van der Waals surface area contributed by atoms with Gasteiger partial charge in [-0.15, -0.1) is 0 Å². The lowest BCUT2D eigenvalue weighted by molar-refractivity contribution is -0.149. The molecule has 2 aliphatic rings. The lowest BCUT2D eigenvalue weighted by Gasteiger charge is -2.45. The van der Waals surface area contributed by atoms with Gasteiger partial charge in [-0.05, 0) is 24.7 Å². The van der Waals surface area contributed by atoms with E-state index in [1.54, 1.807) is 0 Å². The molecule has 0 aromatic rings. The third kappa shape index (κ3) is 1.44. The van der Waals surface area contributed by atoms with Crippen molar-refractivity contribution < 1.29 is 9.90 Å². The van der Waals surface area contributed by atoms with Crippen molar-refractivity contribution in [1.29, 1.82) is 0 Å². The van der Waals surface area contributed by atoms with Crippen LogP contribution in [0.25, 0.3) is 0 Å². The van der Waals surface area contributed by atoms with Crippen LogP contribution in [-0.4, -0.2) is 16.6 Å². The summed E-state index contributed by atoms with van der Waals surface area (Å²) >= 11 is 0. The van der Waals surface area contributed by atoms with Gasteiger partial charge in [-0.3, -0.25) is 4.79 Å². The van der Waals surface area contributed by atoms with Crippen LogP contribution in [0.5, 0.6) is 0 Å². The zero-order valence-corrected chi connectivity index (χ0v) is 8.54. The fourth-order valence-corrected chi connectivity index (χ4v) is 3.34. The summed E-state index contributed by atoms with van der Waals surface area (Å²) in [5, 5.41) is 9.21. The number of aliphatic carboxylic acids is 1. The summed E-state index contributed by atoms with van der Waals surface area (Å²) in [6.45, 7) is 0. The highest BCUT2D eigenvalue weighted by molar-refractivity contribution is 5.79. The van der Waals surface area contributed by atoms with E-state index in [0.717, 1.165) is 19.3 Å². The quantitative estimate of drug-likeness (QED) is 0.673. The van der Waals surface area contributed by atoms with Crippen molar-refractivity contribution in [3.63, 3.8) is 0 Å². The van der Waals surface area contributed by atoms with Gasteiger partial charge in [0.05, 0.1) is 0 Å². The molecule has 2 fully saturated rings. The van der Waals surface area contributed by atoms with Crippen LogP contribution in [0, 0.1) is 11.8 Å². The maximum atomic E-state index is 11.2. The molecule has 2 aliphatic carbocycles. The van der Waals surface area contributed by atoms with Crippen molar-refractivity contribution in [1.82, 2.24) is 0 Å². The van der Waals surface area contributed by atoms with Crippen LogP contribution in [0.1, 0.15) is 44.9 Å². The number of carboxylic acid groups (broad SMARTS) is 1. The number of rotatable bonds is 1. The van der Waals surface area contributed by atoms with Gasteiger partial charge >= 0.3 is 5.97 Å². The summed E-state index contributed by atoms with van der Waals surface area (Å²) in [4.78, 5) is 11.2. The van der Waals surface area contributed by atoms with E-state index >= 15 is 0 Å². The zero-order chi connectivity index (χ0) is 10.2. The van der Waals surface area contributed by atoms with Gasteiger partial charge in [0.25, 0.3) is 0 Å². The Labute approximate surface area is 84.7 Å². The molecular formula is C11H19NO2. The molecule has 0 saturated heterocycles. The molecule has 80 valence electrons. The normalized spacial score (nSPS) is 42.9. The number of carbonyl (C=O) groups is 1. The smallest absolute Gasteiger partial charge is 0.323 e. The molecule has 3 atom stereocenters. The maximum Gasteiger partial charge on any atom is 0.323 e. The molecular weight excluding hydrogens is 178 g/mol. The minimum absolute atomic E-state index is 0.238. The maximum absolute atomic E-state index is 11.2. The van der Waals surface area contributed by atoms with Crippen LogP contribution in [0.2, 0.25) is 0 Å². The fraction of sp³-hybridized carbons (Fsp3) is 0.909. The molecule has 0 amide bonds. The number of nitrogens with two attached hydrogens (primary N) is 1. The summed E-state index contributed by atoms with van der Waals surface area (Å²) in [6, 6.07) is 0. The second kappa shape index (κ2) is 3.54. The van der Waals surface area contributed by atoms with E-state index in [1.165, 1.54) is 19.3 Å². The fourth-order valence-electron chi connectivity index (χ4n) is 3.34. The average molecular weight is 197 g/mol. The summed E-state index contributed by atoms with van der Waals surface area (Å²) < 4.78 is 0. The Balaban J connectivity index is 2.20. The molecule has 3 nitrogen and oxygen atoms in total. The standard InChI is InChI=1S/C11H19NO2/c12-11(10(13)14)7-3-5-8-4-1-2-6-9(8)11/h8-9H,1-7,12H2,(H,13,14)/t8-,9+,11+/m0/s1. The predicted octanol–water partition coefficient (Wildman–Crippen LogP) is 1.76. The first-order chi connectivity index (χ1) is 6.64. The van der Waals surface area contributed by atoms with Crippen molar-refractivity contribution in [2.24, 2.45) is 17.6 Å². The van der Waals surface area contributed by atoms with Gasteiger partial charge in [0.2, 0.25) is 0 Å². The number of hydrogen-bond acceptors (Lipinski definition) is 2. The summed E-state index contributed by atoms with van der Waals surface area (Å²) in [6.07, 6.45) is 7.49. The highest BCUT2D eigenvalue weighted by Crippen LogP contribution is 2.44. The lowest BCUT2D eigenvalue weighted by Crippen LogP contribution is -2.58. The van der Waals surface area contributed by atoms with E-state index in [2.05, 4.69) is 0 Å². The molecule has 0 bridgehead atoms. The highest BCUT2D eigenvalue weighted by Gasteiger charge is 2.48. The molecule has 14 heavy (non-hydrogen) atoms. The zero-order valence-electron chi connectivity index (χ0n) is 8.54. The monoisotopic (exact) mass is 197 g/mol. The van der Waals surface area contributed by atoms with Gasteiger partial charge in [0.1, 0.15) is 5.54 Å². The van der Waals surface area contributed by atoms with Gasteiger partial charge < -0.3 is 10.8 Å². The largest absolute Gasteiger partial charge is 0.480 e. The molecule has 0 unspecified atom stereocenters. The van der Waals surface area contributed by atoms with Crippen molar-refractivity contribution in [2.75, 3.05) is 0 Å². The molecule has 2 rings (SSSR count). The van der Waals surface area contributed by atoms with E-state index in [0.29, 0.717) is 12.3 Å². The highest BCUT2D eigenvalue weighted by atomic mass is 16.4. The topological polar surface area (TPSA) is 63.3 Å². The van der Waals surface area contributed by atoms with Gasteiger partial charge in [-0.1, -0.05) is 32.1 Å². The second-order valence-electron chi connectivity index (χ2n) is 4.89. The summed E-state index contributed by atoms with van der Waals surface area (Å²) in [5.74, 6) is 0.0372. The Hall–Kier alpha value is -0.570. The van der Waals surface area contributed by atoms with Crippen LogP contribution in [0.3, 0.4) is 0 Å². The Morgan fingerprint density at radius 3 is 2.57 bits per heavy atom. The first-order valence-electron chi connectivity index (χ1n) is 5.67. The Morgan fingerprint density at radius 2 is 1.86 bits per heavy atom. The molecule has 0 aromatic heterocycles. The minimum atomic E-state index is -0.913. The first-order valence-corrected chi connectivity index (χ1v) is 5.67. The van der Waals surface area contributed by atoms with Crippen LogP contribution in [-0.2, 0) is 4.79 Å². The van der Waals surface area contributed by atoms with Crippen LogP contribution in [0.4, 0.5) is 0 Å². The van der Waals surface area contributed by atoms with Crippen LogP contribution in [0.15, 0.2) is 0 Å². The summed E-state index contributed by atoms with van der Waals surface area (Å²) in [7, 11) is 0. The number of fused-ring (bicyclic) bond motifs is 1. The number of hydrogen-bond donors (Lipinski definition) is 2. The third-order valence-electron chi connectivity index (χ3n) is 4.13. The minimum Gasteiger partial charge on any atom is -0.480 e. The van der Waals surface area contributed by atoms with Crippen molar-refractivity contribution in [2.45, 2.75) is 50.5 Å². The van der Waals surface area contributed by atoms with Gasteiger partial charge in [-0.25, -0.2) is 0 Å². The summed E-state index contributed by atoms with van der Waals surface area (Å²) in [5.41, 5.74) is 5.14. The van der Waals surface area contributed by atoms with Crippen LogP contribution >= 0.6 is 0 Å². The van der Waals surface area contributed by atoms with Gasteiger partial charge in [0.15, 0.2) is 0 Å². The van der Waals surface area contributed by atoms with Crippen molar-refractivity contribution >= 4 is 5.97 Å². The van der Waals surface area contributed by atoms with Gasteiger partial charge in [0, 0.05) is 0 Å². The molecule has 3 N–H and O–H groups in total. The van der Waals surface area contributed by atoms with Crippen LogP contribution < -0.4 is 5.73 Å². The molecule has 0 spiro atoms. The molecule has 2 saturated carbocycles. The van der Waals surface area contributed by atoms with E-state index < -0.39 is 11.5 Å². The average Bonchev–Trinajstić information content (AvgIpc) is 2.18. The molecule has 0 heterocycles. The first kappa shape index (κ1) is 9.97. The molecule has 3 heteroatoms. The van der Waals surface area contributed by atoms with E-state index in [1.807, 2.05) is 0 Å². The van der Waals surface area contributed by atoms with Crippen molar-refractivity contribution in [3.05, 3.63) is 0 Å². The Kier molecular flexibility index (Phi) is 2.52. The van der Waals surface area contributed by atoms with Crippen molar-refractivity contribution in [3.8, 4) is 0 Å². The lowest BCUT2D eigenvalue weighted by atomic mass is 9.62. The third-order valence-corrected chi connectivity index (χ3v) is 4.13. The molecule has 0 aromatic carbocycles. The van der Waals surface area contributed by atoms with E-state index in [-0.39, 0.29) is 5.92 Å². The number of carboxylic acids is 1.